The summed E-state index contributed by atoms with van der Waals surface area (Å²) in [5, 5.41) is 7.66. The predicted octanol–water partition coefficient (Wildman–Crippen LogP) is 4.32. The van der Waals surface area contributed by atoms with Gasteiger partial charge in [-0.25, -0.2) is 9.18 Å². The normalized spacial score (nSPS) is 10.1. The summed E-state index contributed by atoms with van der Waals surface area (Å²) in [7, 11) is 0. The van der Waals surface area contributed by atoms with Crippen LogP contribution >= 0.6 is 0 Å². The molecule has 0 spiro atoms. The number of hydrogen-bond acceptors (Lipinski definition) is 3. The topological polar surface area (TPSA) is 83.4 Å². The Bertz CT molecular complexity index is 877. The van der Waals surface area contributed by atoms with Gasteiger partial charge in [-0.15, -0.1) is 0 Å². The molecule has 1 heterocycles. The number of halogens is 1. The third-order valence-electron chi connectivity index (χ3n) is 3.27. The number of anilines is 3. The van der Waals surface area contributed by atoms with Gasteiger partial charge in [-0.05, 0) is 48.5 Å². The molecule has 3 amide bonds. The molecule has 0 aliphatic carbocycles. The third-order valence-corrected chi connectivity index (χ3v) is 3.27. The van der Waals surface area contributed by atoms with Crippen molar-refractivity contribution in [3.63, 3.8) is 0 Å². The summed E-state index contributed by atoms with van der Waals surface area (Å²) >= 11 is 0. The van der Waals surface area contributed by atoms with E-state index in [0.29, 0.717) is 11.4 Å². The fourth-order valence-electron chi connectivity index (χ4n) is 2.08. The molecule has 3 rings (SSSR count). The maximum atomic E-state index is 13.5. The average Bonchev–Trinajstić information content (AvgIpc) is 3.13. The Morgan fingerprint density at radius 3 is 2.12 bits per heavy atom. The van der Waals surface area contributed by atoms with Crippen molar-refractivity contribution in [3.05, 3.63) is 78.5 Å². The molecule has 1 aromatic heterocycles. The van der Waals surface area contributed by atoms with Gasteiger partial charge in [-0.1, -0.05) is 12.1 Å². The van der Waals surface area contributed by atoms with E-state index in [0.717, 1.165) is 0 Å². The summed E-state index contributed by atoms with van der Waals surface area (Å²) in [5.74, 6) is -0.692. The van der Waals surface area contributed by atoms with Gasteiger partial charge >= 0.3 is 6.03 Å². The third kappa shape index (κ3) is 4.23. The lowest BCUT2D eigenvalue weighted by Gasteiger charge is -2.09. The number of amides is 3. The molecular formula is C18H14FN3O3. The monoisotopic (exact) mass is 339 g/mol. The molecule has 0 saturated carbocycles. The smallest absolute Gasteiger partial charge is 0.323 e. The van der Waals surface area contributed by atoms with Gasteiger partial charge in [0.05, 0.1) is 12.0 Å². The lowest BCUT2D eigenvalue weighted by atomic mass is 10.2. The van der Waals surface area contributed by atoms with Gasteiger partial charge in [0.25, 0.3) is 5.91 Å². The number of para-hydroxylation sites is 1. The zero-order valence-electron chi connectivity index (χ0n) is 13.0. The van der Waals surface area contributed by atoms with Crippen LogP contribution in [0.5, 0.6) is 0 Å². The van der Waals surface area contributed by atoms with E-state index in [1.807, 2.05) is 0 Å². The zero-order chi connectivity index (χ0) is 17.6. The van der Waals surface area contributed by atoms with Crippen LogP contribution in [0.15, 0.2) is 71.3 Å². The van der Waals surface area contributed by atoms with Crippen LogP contribution < -0.4 is 16.0 Å². The van der Waals surface area contributed by atoms with Gasteiger partial charge in [-0.2, -0.15) is 0 Å². The number of furan rings is 1. The highest BCUT2D eigenvalue weighted by Crippen LogP contribution is 2.16. The van der Waals surface area contributed by atoms with Gasteiger partial charge in [0.15, 0.2) is 5.76 Å². The highest BCUT2D eigenvalue weighted by Gasteiger charge is 2.09. The second kappa shape index (κ2) is 7.31. The van der Waals surface area contributed by atoms with Crippen molar-refractivity contribution in [2.45, 2.75) is 0 Å². The van der Waals surface area contributed by atoms with Crippen LogP contribution in [-0.4, -0.2) is 11.9 Å². The van der Waals surface area contributed by atoms with Crippen molar-refractivity contribution >= 4 is 29.0 Å². The number of benzene rings is 2. The summed E-state index contributed by atoms with van der Waals surface area (Å²) < 4.78 is 18.5. The lowest BCUT2D eigenvalue weighted by molar-refractivity contribution is 0.0996. The van der Waals surface area contributed by atoms with E-state index in [9.17, 15) is 14.0 Å². The van der Waals surface area contributed by atoms with Crippen molar-refractivity contribution < 1.29 is 18.4 Å². The van der Waals surface area contributed by atoms with Crippen LogP contribution in [-0.2, 0) is 0 Å². The highest BCUT2D eigenvalue weighted by molar-refractivity contribution is 6.03. The van der Waals surface area contributed by atoms with Crippen molar-refractivity contribution in [1.82, 2.24) is 0 Å². The van der Waals surface area contributed by atoms with Crippen LogP contribution in [0, 0.1) is 5.82 Å². The van der Waals surface area contributed by atoms with Gasteiger partial charge in [-0.3, -0.25) is 4.79 Å². The fourth-order valence-corrected chi connectivity index (χ4v) is 2.08. The Labute approximate surface area is 142 Å². The van der Waals surface area contributed by atoms with E-state index in [4.69, 9.17) is 4.42 Å². The molecule has 126 valence electrons. The van der Waals surface area contributed by atoms with Gasteiger partial charge in [0.1, 0.15) is 5.82 Å². The number of hydrogen-bond donors (Lipinski definition) is 3. The Morgan fingerprint density at radius 1 is 0.800 bits per heavy atom. The van der Waals surface area contributed by atoms with Crippen LogP contribution in [0.3, 0.4) is 0 Å². The second-order valence-electron chi connectivity index (χ2n) is 5.07. The minimum absolute atomic E-state index is 0.0855. The summed E-state index contributed by atoms with van der Waals surface area (Å²) in [6, 6.07) is 14.9. The standard InChI is InChI=1S/C18H14FN3O3/c19-14-4-1-2-5-15(14)22-18(24)21-13-9-7-12(8-10-13)20-17(23)16-6-3-11-25-16/h1-11H,(H,20,23)(H2,21,22,24). The average molecular weight is 339 g/mol. The van der Waals surface area contributed by atoms with E-state index < -0.39 is 11.8 Å². The van der Waals surface area contributed by atoms with Crippen molar-refractivity contribution in [1.29, 1.82) is 0 Å². The largest absolute Gasteiger partial charge is 0.459 e. The molecule has 2 aromatic carbocycles. The Morgan fingerprint density at radius 2 is 1.48 bits per heavy atom. The summed E-state index contributed by atoms with van der Waals surface area (Å²) in [6.07, 6.45) is 1.41. The maximum Gasteiger partial charge on any atom is 0.323 e. The molecule has 0 atom stereocenters. The number of rotatable bonds is 4. The molecule has 0 unspecified atom stereocenters. The van der Waals surface area contributed by atoms with E-state index in [1.165, 1.54) is 24.5 Å². The molecule has 0 fully saturated rings. The molecule has 3 N–H and O–H groups in total. The molecule has 0 aliphatic rings. The van der Waals surface area contributed by atoms with Gasteiger partial charge in [0.2, 0.25) is 0 Å². The summed E-state index contributed by atoms with van der Waals surface area (Å²) in [4.78, 5) is 23.7. The van der Waals surface area contributed by atoms with Gasteiger partial charge < -0.3 is 20.4 Å². The first-order chi connectivity index (χ1) is 12.1. The first kappa shape index (κ1) is 16.3. The zero-order valence-corrected chi connectivity index (χ0v) is 13.0. The SMILES string of the molecule is O=C(Nc1ccc(NC(=O)c2ccco2)cc1)Nc1ccccc1F. The minimum atomic E-state index is -0.572. The fraction of sp³-hybridized carbons (Fsp3) is 0. The Balaban J connectivity index is 1.58. The molecule has 6 nitrogen and oxygen atoms in total. The molecule has 3 aromatic rings. The summed E-state index contributed by atoms with van der Waals surface area (Å²) in [6.45, 7) is 0. The molecule has 0 saturated heterocycles. The maximum absolute atomic E-state index is 13.5. The van der Waals surface area contributed by atoms with Crippen LogP contribution in [0.2, 0.25) is 0 Å². The minimum Gasteiger partial charge on any atom is -0.459 e. The van der Waals surface area contributed by atoms with E-state index in [1.54, 1.807) is 42.5 Å². The number of nitrogens with one attached hydrogen (secondary N) is 3. The summed E-state index contributed by atoms with van der Waals surface area (Å²) in [5.41, 5.74) is 1.12. The van der Waals surface area contributed by atoms with E-state index in [2.05, 4.69) is 16.0 Å². The Hall–Kier alpha value is -3.61. The lowest BCUT2D eigenvalue weighted by Crippen LogP contribution is -2.20. The molecule has 0 bridgehead atoms. The quantitative estimate of drug-likeness (QED) is 0.662. The molecule has 7 heteroatoms. The molecular weight excluding hydrogens is 325 g/mol. The van der Waals surface area contributed by atoms with E-state index >= 15 is 0 Å². The first-order valence-corrected chi connectivity index (χ1v) is 7.39. The molecule has 0 radical (unpaired) electrons. The number of carbonyl (C=O) groups is 2. The van der Waals surface area contributed by atoms with Gasteiger partial charge in [0, 0.05) is 11.4 Å². The second-order valence-corrected chi connectivity index (χ2v) is 5.07. The predicted molar refractivity (Wildman–Crippen MR) is 92.1 cm³/mol. The molecule has 0 aliphatic heterocycles. The van der Waals surface area contributed by atoms with Crippen LogP contribution in [0.1, 0.15) is 10.6 Å². The highest BCUT2D eigenvalue weighted by atomic mass is 19.1. The van der Waals surface area contributed by atoms with E-state index in [-0.39, 0.29) is 17.4 Å². The first-order valence-electron chi connectivity index (χ1n) is 7.39. The Kier molecular flexibility index (Phi) is 4.75. The number of urea groups is 1. The van der Waals surface area contributed by atoms with Crippen LogP contribution in [0.4, 0.5) is 26.2 Å². The molecule has 25 heavy (non-hydrogen) atoms. The van der Waals surface area contributed by atoms with Crippen molar-refractivity contribution in [3.8, 4) is 0 Å². The number of carbonyl (C=O) groups excluding carboxylic acids is 2. The van der Waals surface area contributed by atoms with Crippen LogP contribution in [0.25, 0.3) is 0 Å². The van der Waals surface area contributed by atoms with Crippen molar-refractivity contribution in [2.75, 3.05) is 16.0 Å². The van der Waals surface area contributed by atoms with Crippen molar-refractivity contribution in [2.24, 2.45) is 0 Å².